The van der Waals surface area contributed by atoms with Crippen LogP contribution in [0.2, 0.25) is 0 Å². The zero-order valence-electron chi connectivity index (χ0n) is 19.4. The summed E-state index contributed by atoms with van der Waals surface area (Å²) in [4.78, 5) is 41.2. The summed E-state index contributed by atoms with van der Waals surface area (Å²) >= 11 is 0. The number of likely N-dealkylation sites (tertiary alicyclic amines) is 1. The van der Waals surface area contributed by atoms with Crippen molar-refractivity contribution in [3.8, 4) is 0 Å². The van der Waals surface area contributed by atoms with Crippen molar-refractivity contribution in [1.29, 1.82) is 0 Å². The second kappa shape index (κ2) is 8.39. The summed E-state index contributed by atoms with van der Waals surface area (Å²) in [7, 11) is 0. The van der Waals surface area contributed by atoms with Gasteiger partial charge in [-0.25, -0.2) is 0 Å². The number of aliphatic carboxylic acids is 1. The van der Waals surface area contributed by atoms with Crippen molar-refractivity contribution in [1.82, 2.24) is 10.2 Å². The molecule has 2 N–H and O–H groups in total. The topological polar surface area (TPSA) is 95.9 Å². The largest absolute Gasteiger partial charge is 0.480 e. The highest BCUT2D eigenvalue weighted by atomic mass is 16.5. The molecule has 174 valence electrons. The van der Waals surface area contributed by atoms with Crippen molar-refractivity contribution >= 4 is 17.8 Å². The van der Waals surface area contributed by atoms with Crippen LogP contribution < -0.4 is 5.32 Å². The summed E-state index contributed by atoms with van der Waals surface area (Å²) < 4.78 is 5.87. The molecule has 2 amide bonds. The van der Waals surface area contributed by atoms with Gasteiger partial charge in [0, 0.05) is 11.6 Å². The number of imide groups is 1. The number of carboxylic acid groups (broad SMARTS) is 1. The van der Waals surface area contributed by atoms with Crippen molar-refractivity contribution in [3.05, 3.63) is 71.3 Å². The molecule has 0 saturated carbocycles. The Morgan fingerprint density at radius 1 is 1.06 bits per heavy atom. The molecule has 2 aromatic carbocycles. The third-order valence-corrected chi connectivity index (χ3v) is 6.67. The Balaban J connectivity index is 1.75. The van der Waals surface area contributed by atoms with E-state index in [1.165, 1.54) is 4.90 Å². The Morgan fingerprint density at radius 2 is 1.70 bits per heavy atom. The molecular weight excluding hydrogens is 420 g/mol. The molecule has 0 bridgehead atoms. The van der Waals surface area contributed by atoms with E-state index in [1.807, 2.05) is 61.5 Å². The fourth-order valence-corrected chi connectivity index (χ4v) is 5.16. The molecule has 4 unspecified atom stereocenters. The van der Waals surface area contributed by atoms with Crippen LogP contribution in [0, 0.1) is 18.8 Å². The first-order chi connectivity index (χ1) is 15.6. The van der Waals surface area contributed by atoms with E-state index in [1.54, 1.807) is 20.8 Å². The van der Waals surface area contributed by atoms with Gasteiger partial charge in [0.2, 0.25) is 11.8 Å². The maximum Gasteiger partial charge on any atom is 0.327 e. The van der Waals surface area contributed by atoms with Gasteiger partial charge in [-0.15, -0.1) is 0 Å². The summed E-state index contributed by atoms with van der Waals surface area (Å²) in [6.45, 7) is 7.24. The minimum atomic E-state index is -1.72. The van der Waals surface area contributed by atoms with E-state index >= 15 is 0 Å². The lowest BCUT2D eigenvalue weighted by Crippen LogP contribution is -2.60. The van der Waals surface area contributed by atoms with Crippen molar-refractivity contribution in [2.75, 3.05) is 6.61 Å². The number of carbonyl (C=O) groups excluding carboxylic acids is 2. The number of rotatable bonds is 6. The fraction of sp³-hybridized carbons (Fsp3) is 0.423. The van der Waals surface area contributed by atoms with Crippen LogP contribution in [0.3, 0.4) is 0 Å². The first-order valence-electron chi connectivity index (χ1n) is 11.1. The van der Waals surface area contributed by atoms with E-state index < -0.39 is 40.8 Å². The van der Waals surface area contributed by atoms with Crippen molar-refractivity contribution in [2.45, 2.75) is 51.4 Å². The van der Waals surface area contributed by atoms with Gasteiger partial charge >= 0.3 is 5.97 Å². The van der Waals surface area contributed by atoms with Gasteiger partial charge in [0.1, 0.15) is 0 Å². The van der Waals surface area contributed by atoms with Gasteiger partial charge in [0.05, 0.1) is 25.0 Å². The second-order valence-electron chi connectivity index (χ2n) is 9.92. The van der Waals surface area contributed by atoms with Crippen LogP contribution in [0.5, 0.6) is 0 Å². The lowest BCUT2D eigenvalue weighted by Gasteiger charge is -2.35. The van der Waals surface area contributed by atoms with Crippen LogP contribution in [0.25, 0.3) is 0 Å². The number of carboxylic acids is 1. The van der Waals surface area contributed by atoms with Gasteiger partial charge in [-0.05, 0) is 44.4 Å². The van der Waals surface area contributed by atoms with Gasteiger partial charge in [-0.3, -0.25) is 24.6 Å². The normalized spacial score (nSPS) is 27.2. The molecule has 2 aromatic rings. The van der Waals surface area contributed by atoms with Gasteiger partial charge in [0.15, 0.2) is 5.54 Å². The molecule has 2 saturated heterocycles. The predicted octanol–water partition coefficient (Wildman–Crippen LogP) is 3.08. The Morgan fingerprint density at radius 3 is 2.30 bits per heavy atom. The number of benzene rings is 2. The fourth-order valence-electron chi connectivity index (χ4n) is 5.16. The van der Waals surface area contributed by atoms with E-state index in [9.17, 15) is 19.5 Å². The first kappa shape index (κ1) is 23.1. The average Bonchev–Trinajstić information content (AvgIpc) is 3.23. The lowest BCUT2D eigenvalue weighted by atomic mass is 9.79. The molecule has 2 fully saturated rings. The van der Waals surface area contributed by atoms with Gasteiger partial charge in [-0.2, -0.15) is 0 Å². The van der Waals surface area contributed by atoms with E-state index in [0.717, 1.165) is 16.7 Å². The molecule has 33 heavy (non-hydrogen) atoms. The number of carbonyl (C=O) groups is 3. The molecule has 4 rings (SSSR count). The molecule has 2 heterocycles. The maximum atomic E-state index is 13.6. The number of aryl methyl sites for hydroxylation is 1. The zero-order valence-corrected chi connectivity index (χ0v) is 19.4. The molecule has 2 aliphatic heterocycles. The smallest absolute Gasteiger partial charge is 0.327 e. The maximum absolute atomic E-state index is 13.6. The molecular formula is C26H30N2O5. The number of fused-ring (bicyclic) bond motifs is 1. The molecule has 0 aromatic heterocycles. The lowest BCUT2D eigenvalue weighted by molar-refractivity contribution is -0.156. The molecule has 7 heteroatoms. The number of hydrogen-bond acceptors (Lipinski definition) is 5. The Labute approximate surface area is 193 Å². The van der Waals surface area contributed by atoms with Crippen LogP contribution in [-0.2, 0) is 25.7 Å². The Bertz CT molecular complexity index is 1080. The van der Waals surface area contributed by atoms with E-state index in [4.69, 9.17) is 4.74 Å². The molecule has 7 nitrogen and oxygen atoms in total. The summed E-state index contributed by atoms with van der Waals surface area (Å²) in [6, 6.07) is 16.4. The second-order valence-corrected chi connectivity index (χ2v) is 9.92. The van der Waals surface area contributed by atoms with Crippen LogP contribution in [-0.4, -0.2) is 45.5 Å². The summed E-state index contributed by atoms with van der Waals surface area (Å²) in [5, 5.41) is 13.6. The van der Waals surface area contributed by atoms with Crippen molar-refractivity contribution in [2.24, 2.45) is 11.8 Å². The molecule has 0 aliphatic carbocycles. The monoisotopic (exact) mass is 450 g/mol. The van der Waals surface area contributed by atoms with Crippen LogP contribution >= 0.6 is 0 Å². The number of amides is 2. The minimum Gasteiger partial charge on any atom is -0.480 e. The van der Waals surface area contributed by atoms with Crippen molar-refractivity contribution < 1.29 is 24.2 Å². The summed E-state index contributed by atoms with van der Waals surface area (Å²) in [5.74, 6) is -3.90. The quantitative estimate of drug-likeness (QED) is 0.657. The van der Waals surface area contributed by atoms with E-state index in [2.05, 4.69) is 5.32 Å². The average molecular weight is 451 g/mol. The molecule has 4 atom stereocenters. The first-order valence-corrected chi connectivity index (χ1v) is 11.1. The number of hydrogen-bond donors (Lipinski definition) is 2. The standard InChI is InChI=1S/C26H30N2O5/c1-16-10-8-9-13-18(16)21-19-20(23(30)28(22(19)29)25(2,3)4)26(27-21,24(31)32)15-33-14-17-11-6-5-7-12-17/h5-13,19-21,27H,14-15H2,1-4H3,(H,31,32). The third-order valence-electron chi connectivity index (χ3n) is 6.67. The van der Waals surface area contributed by atoms with Crippen LogP contribution in [0.1, 0.15) is 43.5 Å². The Kier molecular flexibility index (Phi) is 5.88. The number of nitrogens with one attached hydrogen (secondary N) is 1. The zero-order chi connectivity index (χ0) is 24.0. The van der Waals surface area contributed by atoms with E-state index in [-0.39, 0.29) is 19.1 Å². The third kappa shape index (κ3) is 3.85. The summed E-state index contributed by atoms with van der Waals surface area (Å²) in [6.07, 6.45) is 0. The van der Waals surface area contributed by atoms with E-state index in [0.29, 0.717) is 0 Å². The predicted molar refractivity (Wildman–Crippen MR) is 122 cm³/mol. The minimum absolute atomic E-state index is 0.203. The Hall–Kier alpha value is -3.03. The van der Waals surface area contributed by atoms with Crippen molar-refractivity contribution in [3.63, 3.8) is 0 Å². The number of ether oxygens (including phenoxy) is 1. The highest BCUT2D eigenvalue weighted by molar-refractivity contribution is 6.10. The van der Waals surface area contributed by atoms with Gasteiger partial charge in [0.25, 0.3) is 0 Å². The van der Waals surface area contributed by atoms with Gasteiger partial charge in [-0.1, -0.05) is 54.6 Å². The SMILES string of the molecule is Cc1ccccc1C1NC(COCc2ccccc2)(C(=O)O)C2C(=O)N(C(C)(C)C)C(=O)C12. The van der Waals surface area contributed by atoms with Gasteiger partial charge < -0.3 is 9.84 Å². The summed E-state index contributed by atoms with van der Waals surface area (Å²) in [5.41, 5.74) is 0.154. The van der Waals surface area contributed by atoms with Crippen LogP contribution in [0.15, 0.2) is 54.6 Å². The molecule has 0 radical (unpaired) electrons. The highest BCUT2D eigenvalue weighted by Crippen LogP contribution is 2.50. The van der Waals surface area contributed by atoms with Crippen LogP contribution in [0.4, 0.5) is 0 Å². The molecule has 0 spiro atoms. The number of nitrogens with zero attached hydrogens (tertiary/aromatic N) is 1. The molecule has 2 aliphatic rings. The highest BCUT2D eigenvalue weighted by Gasteiger charge is 2.69.